The Labute approximate surface area is 177 Å². The molecule has 4 aromatic rings. The second kappa shape index (κ2) is 7.61. The fourth-order valence-electron chi connectivity index (χ4n) is 3.01. The van der Waals surface area contributed by atoms with E-state index in [9.17, 15) is 0 Å². The van der Waals surface area contributed by atoms with Crippen molar-refractivity contribution in [3.05, 3.63) is 106 Å². The molecule has 0 saturated heterocycles. The van der Waals surface area contributed by atoms with Gasteiger partial charge >= 0.3 is 0 Å². The van der Waals surface area contributed by atoms with E-state index in [2.05, 4.69) is 31.9 Å². The topological polar surface area (TPSA) is 0 Å². The molecule has 0 aliphatic heterocycles. The summed E-state index contributed by atoms with van der Waals surface area (Å²) in [5.74, 6) is 0. The lowest BCUT2D eigenvalue weighted by Gasteiger charge is -2.17. The first kappa shape index (κ1) is 12.3. The fraction of sp³-hybridized carbons (Fsp3) is 0. The standard InChI is InChI=1S/C24H16Br2/c25-20-14-19(15-21(26)16-20)24-22(17-8-3-1-4-9-17)12-7-13-23(24)18-10-5-2-6-11-18/h1-16H/i1D,3D,4D,8D,9D. The highest BCUT2D eigenvalue weighted by Crippen LogP contribution is 2.41. The van der Waals surface area contributed by atoms with Gasteiger partial charge in [0.1, 0.15) is 0 Å². The molecule has 0 radical (unpaired) electrons. The second-order valence-electron chi connectivity index (χ2n) is 5.75. The van der Waals surface area contributed by atoms with Gasteiger partial charge < -0.3 is 0 Å². The minimum Gasteiger partial charge on any atom is -0.0622 e. The van der Waals surface area contributed by atoms with Gasteiger partial charge in [-0.15, -0.1) is 0 Å². The van der Waals surface area contributed by atoms with Gasteiger partial charge in [0.05, 0.1) is 6.85 Å². The largest absolute Gasteiger partial charge is 0.0629 e. The Kier molecular flexibility index (Phi) is 3.59. The molecule has 0 fully saturated rings. The maximum absolute atomic E-state index is 8.50. The van der Waals surface area contributed by atoms with Gasteiger partial charge in [-0.05, 0) is 51.6 Å². The molecule has 0 bridgehead atoms. The van der Waals surface area contributed by atoms with E-state index in [0.717, 1.165) is 31.2 Å². The van der Waals surface area contributed by atoms with Crippen LogP contribution in [0.2, 0.25) is 0 Å². The number of rotatable bonds is 3. The van der Waals surface area contributed by atoms with E-state index in [1.807, 2.05) is 66.7 Å². The summed E-state index contributed by atoms with van der Waals surface area (Å²) in [4.78, 5) is 0. The Hall–Kier alpha value is -2.16. The maximum Gasteiger partial charge on any atom is 0.0629 e. The molecule has 0 atom stereocenters. The van der Waals surface area contributed by atoms with E-state index < -0.39 is 6.04 Å². The van der Waals surface area contributed by atoms with Crippen molar-refractivity contribution >= 4 is 31.9 Å². The van der Waals surface area contributed by atoms with Crippen molar-refractivity contribution in [2.24, 2.45) is 0 Å². The van der Waals surface area contributed by atoms with Gasteiger partial charge in [0.25, 0.3) is 0 Å². The second-order valence-corrected chi connectivity index (χ2v) is 7.58. The molecular weight excluding hydrogens is 448 g/mol. The molecule has 0 saturated carbocycles. The van der Waals surface area contributed by atoms with Crippen molar-refractivity contribution in [2.45, 2.75) is 0 Å². The lowest BCUT2D eigenvalue weighted by Crippen LogP contribution is -1.90. The van der Waals surface area contributed by atoms with Crippen LogP contribution in [0.1, 0.15) is 6.85 Å². The minimum atomic E-state index is -0.398. The van der Waals surface area contributed by atoms with E-state index in [0.29, 0.717) is 5.56 Å². The third kappa shape index (κ3) is 3.53. The first-order valence-corrected chi connectivity index (χ1v) is 9.60. The predicted molar refractivity (Wildman–Crippen MR) is 118 cm³/mol. The van der Waals surface area contributed by atoms with Crippen molar-refractivity contribution in [2.75, 3.05) is 0 Å². The zero-order chi connectivity index (χ0) is 22.3. The molecule has 0 spiro atoms. The lowest BCUT2D eigenvalue weighted by atomic mass is 9.88. The zero-order valence-electron chi connectivity index (χ0n) is 18.6. The van der Waals surface area contributed by atoms with Gasteiger partial charge in [0, 0.05) is 8.95 Å². The van der Waals surface area contributed by atoms with Crippen molar-refractivity contribution in [1.82, 2.24) is 0 Å². The Morgan fingerprint density at radius 3 is 1.85 bits per heavy atom. The minimum absolute atomic E-state index is 0.190. The fourth-order valence-corrected chi connectivity index (χ4v) is 4.31. The van der Waals surface area contributed by atoms with E-state index in [1.54, 1.807) is 0 Å². The van der Waals surface area contributed by atoms with Crippen molar-refractivity contribution < 1.29 is 6.85 Å². The van der Waals surface area contributed by atoms with E-state index >= 15 is 0 Å². The smallest absolute Gasteiger partial charge is 0.0622 e. The number of hydrogen-bond donors (Lipinski definition) is 0. The summed E-state index contributed by atoms with van der Waals surface area (Å²) in [7, 11) is 0. The molecule has 4 rings (SSSR count). The van der Waals surface area contributed by atoms with Crippen LogP contribution in [0.5, 0.6) is 0 Å². The van der Waals surface area contributed by atoms with Crippen molar-refractivity contribution in [3.63, 3.8) is 0 Å². The number of benzene rings is 4. The molecule has 0 nitrogen and oxygen atoms in total. The first-order valence-electron chi connectivity index (χ1n) is 10.5. The van der Waals surface area contributed by atoms with Crippen LogP contribution in [0.3, 0.4) is 0 Å². The Balaban J connectivity index is 2.15. The number of hydrogen-bond acceptors (Lipinski definition) is 0. The highest BCUT2D eigenvalue weighted by molar-refractivity contribution is 9.11. The highest BCUT2D eigenvalue weighted by atomic mass is 79.9. The Morgan fingerprint density at radius 1 is 0.577 bits per heavy atom. The molecule has 0 aliphatic rings. The molecule has 0 aliphatic carbocycles. The van der Waals surface area contributed by atoms with E-state index in [-0.39, 0.29) is 29.7 Å². The maximum atomic E-state index is 8.50. The van der Waals surface area contributed by atoms with Crippen LogP contribution in [0.15, 0.2) is 106 Å². The van der Waals surface area contributed by atoms with Crippen LogP contribution in [0.4, 0.5) is 0 Å². The molecular formula is C24H16Br2. The Morgan fingerprint density at radius 2 is 1.19 bits per heavy atom. The van der Waals surface area contributed by atoms with Gasteiger partial charge in [-0.1, -0.05) is 111 Å². The summed E-state index contributed by atoms with van der Waals surface area (Å²) in [5, 5.41) is 0. The number of halogens is 2. The highest BCUT2D eigenvalue weighted by Gasteiger charge is 2.14. The average molecular weight is 469 g/mol. The average Bonchev–Trinajstić information content (AvgIpc) is 2.76. The van der Waals surface area contributed by atoms with Gasteiger partial charge in [-0.25, -0.2) is 0 Å². The molecule has 0 unspecified atom stereocenters. The zero-order valence-corrected chi connectivity index (χ0v) is 16.8. The van der Waals surface area contributed by atoms with Crippen LogP contribution in [0, 0.1) is 0 Å². The van der Waals surface area contributed by atoms with E-state index in [4.69, 9.17) is 6.85 Å². The van der Waals surface area contributed by atoms with Crippen LogP contribution >= 0.6 is 31.9 Å². The predicted octanol–water partition coefficient (Wildman–Crippen LogP) is 8.21. The first-order chi connectivity index (χ1) is 14.8. The van der Waals surface area contributed by atoms with Gasteiger partial charge in [0.2, 0.25) is 0 Å². The molecule has 2 heteroatoms. The molecule has 26 heavy (non-hydrogen) atoms. The third-order valence-corrected chi connectivity index (χ3v) is 4.99. The molecule has 4 aromatic carbocycles. The molecule has 0 N–H and O–H groups in total. The van der Waals surface area contributed by atoms with Crippen LogP contribution in [-0.2, 0) is 0 Å². The van der Waals surface area contributed by atoms with Crippen LogP contribution < -0.4 is 0 Å². The van der Waals surface area contributed by atoms with Crippen LogP contribution in [-0.4, -0.2) is 0 Å². The summed E-state index contributed by atoms with van der Waals surface area (Å²) in [6.45, 7) is 0. The molecule has 0 heterocycles. The van der Waals surface area contributed by atoms with Crippen LogP contribution in [0.25, 0.3) is 33.4 Å². The molecule has 126 valence electrons. The molecule has 0 aromatic heterocycles. The SMILES string of the molecule is [2H]c1c([2H])c([2H])c(-c2cccc(-c3ccccc3)c2-c2cc(Br)cc(Br)c2)c([2H])c1[2H]. The summed E-state index contributed by atoms with van der Waals surface area (Å²) < 4.78 is 42.9. The summed E-state index contributed by atoms with van der Waals surface area (Å²) >= 11 is 7.09. The Bertz CT molecular complexity index is 1250. The normalized spacial score (nSPS) is 13.4. The van der Waals surface area contributed by atoms with Gasteiger partial charge in [0.15, 0.2) is 0 Å². The monoisotopic (exact) mass is 467 g/mol. The third-order valence-electron chi connectivity index (χ3n) is 4.07. The van der Waals surface area contributed by atoms with Crippen molar-refractivity contribution in [1.29, 1.82) is 0 Å². The summed E-state index contributed by atoms with van der Waals surface area (Å²) in [6.07, 6.45) is 0. The summed E-state index contributed by atoms with van der Waals surface area (Å²) in [5.41, 5.74) is 4.33. The molecule has 0 amide bonds. The lowest BCUT2D eigenvalue weighted by molar-refractivity contribution is 1.53. The summed E-state index contributed by atoms with van der Waals surface area (Å²) in [6, 6.07) is 19.8. The quantitative estimate of drug-likeness (QED) is 0.284. The van der Waals surface area contributed by atoms with Crippen molar-refractivity contribution in [3.8, 4) is 33.4 Å². The van der Waals surface area contributed by atoms with Gasteiger partial charge in [-0.3, -0.25) is 0 Å². The van der Waals surface area contributed by atoms with E-state index in [1.165, 1.54) is 0 Å². The van der Waals surface area contributed by atoms with Gasteiger partial charge in [-0.2, -0.15) is 0 Å².